The summed E-state index contributed by atoms with van der Waals surface area (Å²) in [7, 11) is 0.781. The Bertz CT molecular complexity index is 903. The summed E-state index contributed by atoms with van der Waals surface area (Å²) in [5, 5.41) is 4.12. The summed E-state index contributed by atoms with van der Waals surface area (Å²) < 4.78 is 34.2. The van der Waals surface area contributed by atoms with Crippen molar-refractivity contribution in [3.63, 3.8) is 0 Å². The number of rotatable bonds is 9. The van der Waals surface area contributed by atoms with Crippen molar-refractivity contribution < 1.29 is 17.7 Å². The number of sulfone groups is 1. The molecule has 0 spiro atoms. The van der Waals surface area contributed by atoms with Gasteiger partial charge in [-0.05, 0) is 74.6 Å². The highest BCUT2D eigenvalue weighted by Crippen LogP contribution is 2.29. The summed E-state index contributed by atoms with van der Waals surface area (Å²) in [6.07, 6.45) is 4.37. The van der Waals surface area contributed by atoms with Crippen LogP contribution in [0.15, 0.2) is 33.7 Å². The molecule has 1 unspecified atom stereocenters. The van der Waals surface area contributed by atoms with Crippen LogP contribution in [0.25, 0.3) is 0 Å². The second-order valence-corrected chi connectivity index (χ2v) is 10.4. The molecule has 1 aromatic heterocycles. The molecule has 30 heavy (non-hydrogen) atoms. The molecule has 0 saturated carbocycles. The molecular formula is C21H32N4O4S. The third kappa shape index (κ3) is 6.18. The predicted octanol–water partition coefficient (Wildman–Crippen LogP) is 2.86. The van der Waals surface area contributed by atoms with Crippen LogP contribution in [0.5, 0.6) is 5.75 Å². The van der Waals surface area contributed by atoms with Crippen molar-refractivity contribution in [2.45, 2.75) is 37.6 Å². The summed E-state index contributed by atoms with van der Waals surface area (Å²) in [5.41, 5.74) is 0. The quantitative estimate of drug-likeness (QED) is 0.593. The van der Waals surface area contributed by atoms with Gasteiger partial charge >= 0.3 is 0 Å². The van der Waals surface area contributed by atoms with Gasteiger partial charge in [-0.3, -0.25) is 0 Å². The minimum Gasteiger partial charge on any atom is -0.494 e. The van der Waals surface area contributed by atoms with E-state index >= 15 is 0 Å². The third-order valence-electron chi connectivity index (χ3n) is 5.63. The van der Waals surface area contributed by atoms with Crippen molar-refractivity contribution in [2.24, 2.45) is 11.8 Å². The molecule has 2 heterocycles. The molecule has 0 N–H and O–H groups in total. The molecule has 0 amide bonds. The lowest BCUT2D eigenvalue weighted by molar-refractivity contribution is 0.222. The lowest BCUT2D eigenvalue weighted by Crippen LogP contribution is -2.36. The Kier molecular flexibility index (Phi) is 7.36. The molecule has 0 radical (unpaired) electrons. The highest BCUT2D eigenvalue weighted by atomic mass is 32.2. The summed E-state index contributed by atoms with van der Waals surface area (Å²) in [6, 6.07) is 6.61. The van der Waals surface area contributed by atoms with Crippen molar-refractivity contribution in [3.05, 3.63) is 30.2 Å². The van der Waals surface area contributed by atoms with E-state index in [1.165, 1.54) is 6.26 Å². The summed E-state index contributed by atoms with van der Waals surface area (Å²) in [4.78, 5) is 9.02. The molecular weight excluding hydrogens is 404 g/mol. The fraction of sp³-hybridized carbons (Fsp3) is 0.619. The number of hydrogen-bond donors (Lipinski definition) is 0. The van der Waals surface area contributed by atoms with Gasteiger partial charge in [0.25, 0.3) is 5.95 Å². The van der Waals surface area contributed by atoms with E-state index in [1.807, 2.05) is 19.0 Å². The molecule has 166 valence electrons. The van der Waals surface area contributed by atoms with Gasteiger partial charge in [-0.2, -0.15) is 4.98 Å². The normalized spacial score (nSPS) is 16.8. The summed E-state index contributed by atoms with van der Waals surface area (Å²) >= 11 is 0. The van der Waals surface area contributed by atoms with E-state index in [0.29, 0.717) is 47.5 Å². The lowest BCUT2D eigenvalue weighted by atomic mass is 9.84. The molecule has 3 rings (SSSR count). The zero-order valence-electron chi connectivity index (χ0n) is 18.2. The average Bonchev–Trinajstić information content (AvgIpc) is 3.15. The van der Waals surface area contributed by atoms with Gasteiger partial charge in [0.2, 0.25) is 5.89 Å². The minimum atomic E-state index is -3.17. The third-order valence-corrected chi connectivity index (χ3v) is 6.76. The van der Waals surface area contributed by atoms with Crippen LogP contribution in [0.4, 0.5) is 5.95 Å². The van der Waals surface area contributed by atoms with Crippen LogP contribution < -0.4 is 9.64 Å². The van der Waals surface area contributed by atoms with E-state index in [4.69, 9.17) is 9.26 Å². The first kappa shape index (κ1) is 22.6. The number of hydrogen-bond acceptors (Lipinski definition) is 8. The first-order chi connectivity index (χ1) is 14.2. The number of anilines is 1. The van der Waals surface area contributed by atoms with Crippen LogP contribution in [0.2, 0.25) is 0 Å². The summed E-state index contributed by atoms with van der Waals surface area (Å²) in [6.45, 7) is 5.42. The molecule has 1 aliphatic heterocycles. The van der Waals surface area contributed by atoms with Gasteiger partial charge in [-0.1, -0.05) is 6.92 Å². The first-order valence-corrected chi connectivity index (χ1v) is 12.3. The number of nitrogens with zero attached hydrogens (tertiary/aromatic N) is 4. The number of aromatic nitrogens is 2. The van der Waals surface area contributed by atoms with Gasteiger partial charge in [0.1, 0.15) is 5.75 Å². The summed E-state index contributed by atoms with van der Waals surface area (Å²) in [5.74, 6) is 3.24. The fourth-order valence-electron chi connectivity index (χ4n) is 3.76. The Labute approximate surface area is 179 Å². The Morgan fingerprint density at radius 1 is 1.23 bits per heavy atom. The Morgan fingerprint density at radius 2 is 1.90 bits per heavy atom. The van der Waals surface area contributed by atoms with Crippen molar-refractivity contribution in [3.8, 4) is 5.75 Å². The van der Waals surface area contributed by atoms with Gasteiger partial charge in [0.05, 0.1) is 18.0 Å². The van der Waals surface area contributed by atoms with Crippen LogP contribution in [0.1, 0.15) is 32.1 Å². The maximum absolute atomic E-state index is 11.5. The molecule has 1 aromatic carbocycles. The standard InChI is InChI=1S/C21H32N4O4S/c1-16(11-14-28-18-5-7-19(8-6-18)30(4,26)27)17-9-12-25(13-10-17)21-22-20(29-23-21)15-24(2)3/h5-8,16-17H,9-15H2,1-4H3. The lowest BCUT2D eigenvalue weighted by Gasteiger charge is -2.34. The van der Waals surface area contributed by atoms with Crippen LogP contribution >= 0.6 is 0 Å². The van der Waals surface area contributed by atoms with Crippen molar-refractivity contribution in [1.29, 1.82) is 0 Å². The molecule has 2 aromatic rings. The Hall–Kier alpha value is -2.13. The first-order valence-electron chi connectivity index (χ1n) is 10.4. The van der Waals surface area contributed by atoms with Crippen molar-refractivity contribution in [2.75, 3.05) is 44.9 Å². The van der Waals surface area contributed by atoms with E-state index < -0.39 is 9.84 Å². The van der Waals surface area contributed by atoms with Crippen molar-refractivity contribution >= 4 is 15.8 Å². The van der Waals surface area contributed by atoms with Crippen LogP contribution in [-0.4, -0.2) is 63.5 Å². The Morgan fingerprint density at radius 3 is 2.50 bits per heavy atom. The molecule has 1 aliphatic rings. The molecule has 9 heteroatoms. The molecule has 1 atom stereocenters. The number of piperidine rings is 1. The van der Waals surface area contributed by atoms with Gasteiger partial charge in [0.15, 0.2) is 9.84 Å². The average molecular weight is 437 g/mol. The van der Waals surface area contributed by atoms with Gasteiger partial charge in [-0.15, -0.1) is 0 Å². The molecule has 1 fully saturated rings. The topological polar surface area (TPSA) is 88.8 Å². The number of ether oxygens (including phenoxy) is 1. The van der Waals surface area contributed by atoms with Gasteiger partial charge in [0, 0.05) is 19.3 Å². The van der Waals surface area contributed by atoms with Crippen LogP contribution in [0.3, 0.4) is 0 Å². The largest absolute Gasteiger partial charge is 0.494 e. The second kappa shape index (κ2) is 9.78. The van der Waals surface area contributed by atoms with Crippen LogP contribution in [-0.2, 0) is 16.4 Å². The van der Waals surface area contributed by atoms with Crippen molar-refractivity contribution in [1.82, 2.24) is 15.0 Å². The van der Waals surface area contributed by atoms with E-state index in [-0.39, 0.29) is 0 Å². The molecule has 1 saturated heterocycles. The fourth-order valence-corrected chi connectivity index (χ4v) is 4.39. The van der Waals surface area contributed by atoms with E-state index in [2.05, 4.69) is 22.0 Å². The van der Waals surface area contributed by atoms with Crippen LogP contribution in [0, 0.1) is 11.8 Å². The highest BCUT2D eigenvalue weighted by molar-refractivity contribution is 7.90. The maximum atomic E-state index is 11.5. The smallest absolute Gasteiger partial charge is 0.266 e. The highest BCUT2D eigenvalue weighted by Gasteiger charge is 2.26. The maximum Gasteiger partial charge on any atom is 0.266 e. The predicted molar refractivity (Wildman–Crippen MR) is 115 cm³/mol. The zero-order chi connectivity index (χ0) is 21.7. The van der Waals surface area contributed by atoms with Gasteiger partial charge in [-0.25, -0.2) is 8.42 Å². The van der Waals surface area contributed by atoms with E-state index in [9.17, 15) is 8.42 Å². The zero-order valence-corrected chi connectivity index (χ0v) is 19.1. The second-order valence-electron chi connectivity index (χ2n) is 8.41. The van der Waals surface area contributed by atoms with E-state index in [1.54, 1.807) is 24.3 Å². The van der Waals surface area contributed by atoms with E-state index in [0.717, 1.165) is 32.4 Å². The van der Waals surface area contributed by atoms with Gasteiger partial charge < -0.3 is 19.1 Å². The monoisotopic (exact) mass is 436 g/mol. The Balaban J connectivity index is 1.41. The number of benzene rings is 1. The molecule has 8 nitrogen and oxygen atoms in total. The molecule has 0 aliphatic carbocycles. The molecule has 0 bridgehead atoms. The minimum absolute atomic E-state index is 0.311. The SMILES string of the molecule is CC(CCOc1ccc(S(C)(=O)=O)cc1)C1CCN(c2noc(CN(C)C)n2)CC1.